The van der Waals surface area contributed by atoms with E-state index in [4.69, 9.17) is 9.47 Å². The fourth-order valence-electron chi connectivity index (χ4n) is 2.90. The van der Waals surface area contributed by atoms with Crippen LogP contribution in [0.4, 0.5) is 10.5 Å². The minimum atomic E-state index is -0.558. The van der Waals surface area contributed by atoms with Gasteiger partial charge in [-0.1, -0.05) is 0 Å². The van der Waals surface area contributed by atoms with Crippen molar-refractivity contribution in [3.05, 3.63) is 41.6 Å². The molecule has 9 nitrogen and oxygen atoms in total. The SMILES string of the molecule is CCOC(=O)c1ccc(NC(=O)/C(C#N)=C\NC2CCN(C(=O)OCC)CC2)cc1. The van der Waals surface area contributed by atoms with Crippen molar-refractivity contribution in [3.63, 3.8) is 0 Å². The van der Waals surface area contributed by atoms with Gasteiger partial charge in [-0.15, -0.1) is 0 Å². The highest BCUT2D eigenvalue weighted by Crippen LogP contribution is 2.13. The fraction of sp³-hybridized carbons (Fsp3) is 0.429. The predicted molar refractivity (Wildman–Crippen MR) is 109 cm³/mol. The Bertz CT molecular complexity index is 821. The van der Waals surface area contributed by atoms with Crippen LogP contribution in [-0.4, -0.2) is 55.2 Å². The normalized spacial score (nSPS) is 14.4. The topological polar surface area (TPSA) is 121 Å². The Morgan fingerprint density at radius 1 is 1.13 bits per heavy atom. The van der Waals surface area contributed by atoms with Crippen molar-refractivity contribution in [2.24, 2.45) is 0 Å². The molecule has 0 spiro atoms. The highest BCUT2D eigenvalue weighted by atomic mass is 16.6. The molecule has 2 rings (SSSR count). The summed E-state index contributed by atoms with van der Waals surface area (Å²) in [6.07, 6.45) is 2.45. The van der Waals surface area contributed by atoms with E-state index in [9.17, 15) is 19.6 Å². The second-order valence-corrected chi connectivity index (χ2v) is 6.55. The Kier molecular flexibility index (Phi) is 8.69. The maximum absolute atomic E-state index is 12.3. The van der Waals surface area contributed by atoms with Crippen LogP contribution < -0.4 is 10.6 Å². The van der Waals surface area contributed by atoms with Gasteiger partial charge in [0.2, 0.25) is 0 Å². The quantitative estimate of drug-likeness (QED) is 0.399. The number of nitrogens with zero attached hydrogens (tertiary/aromatic N) is 2. The maximum atomic E-state index is 12.3. The lowest BCUT2D eigenvalue weighted by atomic mass is 10.1. The Morgan fingerprint density at radius 3 is 2.33 bits per heavy atom. The Balaban J connectivity index is 1.87. The number of nitriles is 1. The number of benzene rings is 1. The van der Waals surface area contributed by atoms with E-state index < -0.39 is 11.9 Å². The second kappa shape index (κ2) is 11.5. The van der Waals surface area contributed by atoms with Gasteiger partial charge in [-0.05, 0) is 51.0 Å². The van der Waals surface area contributed by atoms with Gasteiger partial charge < -0.3 is 25.0 Å². The van der Waals surface area contributed by atoms with E-state index in [0.717, 1.165) is 0 Å². The molecule has 30 heavy (non-hydrogen) atoms. The van der Waals surface area contributed by atoms with Gasteiger partial charge in [-0.2, -0.15) is 5.26 Å². The van der Waals surface area contributed by atoms with Crippen molar-refractivity contribution in [1.82, 2.24) is 10.2 Å². The smallest absolute Gasteiger partial charge is 0.409 e. The summed E-state index contributed by atoms with van der Waals surface area (Å²) in [5.41, 5.74) is 0.760. The Morgan fingerprint density at radius 2 is 1.77 bits per heavy atom. The summed E-state index contributed by atoms with van der Waals surface area (Å²) in [6, 6.07) is 8.15. The van der Waals surface area contributed by atoms with Crippen LogP contribution in [0.1, 0.15) is 37.0 Å². The summed E-state index contributed by atoms with van der Waals surface area (Å²) >= 11 is 0. The number of hydrogen-bond acceptors (Lipinski definition) is 7. The first-order valence-electron chi connectivity index (χ1n) is 9.85. The van der Waals surface area contributed by atoms with Crippen LogP contribution in [0.5, 0.6) is 0 Å². The van der Waals surface area contributed by atoms with Crippen molar-refractivity contribution in [1.29, 1.82) is 5.26 Å². The fourth-order valence-corrected chi connectivity index (χ4v) is 2.90. The molecule has 1 fully saturated rings. The highest BCUT2D eigenvalue weighted by molar-refractivity contribution is 6.06. The summed E-state index contributed by atoms with van der Waals surface area (Å²) in [5.74, 6) is -0.996. The van der Waals surface area contributed by atoms with Gasteiger partial charge in [0.25, 0.3) is 5.91 Å². The molecule has 1 aromatic carbocycles. The van der Waals surface area contributed by atoms with Crippen LogP contribution in [0.3, 0.4) is 0 Å². The van der Waals surface area contributed by atoms with Gasteiger partial charge in [0, 0.05) is 31.0 Å². The van der Waals surface area contributed by atoms with E-state index in [1.807, 2.05) is 6.07 Å². The number of carbonyl (C=O) groups excluding carboxylic acids is 3. The largest absolute Gasteiger partial charge is 0.462 e. The molecule has 1 saturated heterocycles. The van der Waals surface area contributed by atoms with Crippen LogP contribution in [0.15, 0.2) is 36.0 Å². The van der Waals surface area contributed by atoms with E-state index in [2.05, 4.69) is 10.6 Å². The van der Waals surface area contributed by atoms with Gasteiger partial charge in [-0.25, -0.2) is 9.59 Å². The number of piperidine rings is 1. The van der Waals surface area contributed by atoms with Crippen molar-refractivity contribution in [2.45, 2.75) is 32.7 Å². The lowest BCUT2D eigenvalue weighted by Gasteiger charge is -2.31. The summed E-state index contributed by atoms with van der Waals surface area (Å²) in [7, 11) is 0. The minimum absolute atomic E-state index is 0.0516. The molecule has 2 N–H and O–H groups in total. The zero-order valence-corrected chi connectivity index (χ0v) is 17.1. The van der Waals surface area contributed by atoms with E-state index in [1.54, 1.807) is 43.0 Å². The van der Waals surface area contributed by atoms with Gasteiger partial charge >= 0.3 is 12.1 Å². The number of amides is 2. The average Bonchev–Trinajstić information content (AvgIpc) is 2.75. The number of likely N-dealkylation sites (tertiary alicyclic amines) is 1. The van der Waals surface area contributed by atoms with Crippen molar-refractivity contribution < 1.29 is 23.9 Å². The summed E-state index contributed by atoms with van der Waals surface area (Å²) in [6.45, 7) is 5.20. The average molecular weight is 414 g/mol. The molecule has 1 heterocycles. The number of nitrogens with one attached hydrogen (secondary N) is 2. The van der Waals surface area contributed by atoms with Gasteiger partial charge in [0.1, 0.15) is 11.6 Å². The molecular formula is C21H26N4O5. The van der Waals surface area contributed by atoms with E-state index >= 15 is 0 Å². The monoisotopic (exact) mass is 414 g/mol. The summed E-state index contributed by atoms with van der Waals surface area (Å²) in [4.78, 5) is 37.4. The third-order valence-corrected chi connectivity index (χ3v) is 4.50. The third kappa shape index (κ3) is 6.51. The van der Waals surface area contributed by atoms with Crippen molar-refractivity contribution in [3.8, 4) is 6.07 Å². The number of hydrogen-bond donors (Lipinski definition) is 2. The molecule has 0 unspecified atom stereocenters. The molecule has 0 radical (unpaired) electrons. The number of esters is 1. The third-order valence-electron chi connectivity index (χ3n) is 4.50. The van der Waals surface area contributed by atoms with Crippen LogP contribution in [0.2, 0.25) is 0 Å². The van der Waals surface area contributed by atoms with E-state index in [1.165, 1.54) is 6.20 Å². The molecule has 1 aliphatic heterocycles. The first kappa shape index (κ1) is 22.7. The second-order valence-electron chi connectivity index (χ2n) is 6.55. The molecule has 0 bridgehead atoms. The molecule has 0 atom stereocenters. The van der Waals surface area contributed by atoms with Crippen LogP contribution in [0, 0.1) is 11.3 Å². The molecule has 0 aromatic heterocycles. The van der Waals surface area contributed by atoms with Crippen LogP contribution in [-0.2, 0) is 14.3 Å². The first-order chi connectivity index (χ1) is 14.5. The number of rotatable bonds is 7. The van der Waals surface area contributed by atoms with Gasteiger partial charge in [-0.3, -0.25) is 4.79 Å². The standard InChI is InChI=1S/C21H26N4O5/c1-3-29-20(27)15-5-7-18(8-6-15)24-19(26)16(13-22)14-23-17-9-11-25(12-10-17)21(28)30-4-2/h5-8,14,17,23H,3-4,9-12H2,1-2H3,(H,24,26)/b16-14-. The number of anilines is 1. The maximum Gasteiger partial charge on any atom is 0.409 e. The van der Waals surface area contributed by atoms with Crippen molar-refractivity contribution >= 4 is 23.7 Å². The molecule has 0 aliphatic carbocycles. The van der Waals surface area contributed by atoms with Gasteiger partial charge in [0.05, 0.1) is 18.8 Å². The van der Waals surface area contributed by atoms with Crippen molar-refractivity contribution in [2.75, 3.05) is 31.6 Å². The molecular weight excluding hydrogens is 388 g/mol. The molecule has 160 valence electrons. The summed E-state index contributed by atoms with van der Waals surface area (Å²) < 4.78 is 9.90. The van der Waals surface area contributed by atoms with Crippen LogP contribution in [0.25, 0.3) is 0 Å². The molecule has 0 saturated carbocycles. The minimum Gasteiger partial charge on any atom is -0.462 e. The van der Waals surface area contributed by atoms with Crippen LogP contribution >= 0.6 is 0 Å². The predicted octanol–water partition coefficient (Wildman–Crippen LogP) is 2.42. The first-order valence-corrected chi connectivity index (χ1v) is 9.85. The zero-order valence-electron chi connectivity index (χ0n) is 17.1. The van der Waals surface area contributed by atoms with E-state index in [0.29, 0.717) is 43.8 Å². The molecule has 1 aliphatic rings. The lowest BCUT2D eigenvalue weighted by Crippen LogP contribution is -2.44. The summed E-state index contributed by atoms with van der Waals surface area (Å²) in [5, 5.41) is 15.0. The Labute approximate surface area is 175 Å². The van der Waals surface area contributed by atoms with Gasteiger partial charge in [0.15, 0.2) is 0 Å². The lowest BCUT2D eigenvalue weighted by molar-refractivity contribution is -0.112. The molecule has 2 amide bonds. The molecule has 9 heteroatoms. The van der Waals surface area contributed by atoms with E-state index in [-0.39, 0.29) is 24.3 Å². The molecule has 1 aromatic rings. The highest BCUT2D eigenvalue weighted by Gasteiger charge is 2.23. The number of carbonyl (C=O) groups is 3. The number of ether oxygens (including phenoxy) is 2. The zero-order chi connectivity index (χ0) is 21.9. The Hall–Kier alpha value is -3.54.